The van der Waals surface area contributed by atoms with E-state index in [2.05, 4.69) is 65.8 Å². The van der Waals surface area contributed by atoms with E-state index in [-0.39, 0.29) is 5.41 Å². The van der Waals surface area contributed by atoms with Gasteiger partial charge in [0.15, 0.2) is 0 Å². The van der Waals surface area contributed by atoms with Crippen LogP contribution in [-0.4, -0.2) is 0 Å². The SMILES string of the molecule is Cc1cc(C(C)C)cc2c1Oc1c(C)cc(C(C)C)cc1C21CCCC1. The lowest BCUT2D eigenvalue weighted by Gasteiger charge is -2.40. The Balaban J connectivity index is 2.01. The predicted molar refractivity (Wildman–Crippen MR) is 110 cm³/mol. The molecule has 1 spiro atoms. The molecule has 2 aliphatic rings. The Bertz CT molecular complexity index is 785. The van der Waals surface area contributed by atoms with Gasteiger partial charge in [0.05, 0.1) is 0 Å². The molecule has 138 valence electrons. The summed E-state index contributed by atoms with van der Waals surface area (Å²) in [6.07, 6.45) is 5.13. The highest BCUT2D eigenvalue weighted by Gasteiger charge is 2.45. The highest BCUT2D eigenvalue weighted by Crippen LogP contribution is 2.58. The van der Waals surface area contributed by atoms with Gasteiger partial charge in [0.1, 0.15) is 11.5 Å². The molecular formula is C25H32O. The Hall–Kier alpha value is -1.76. The molecule has 2 aromatic carbocycles. The number of aryl methyl sites for hydroxylation is 2. The van der Waals surface area contributed by atoms with Crippen molar-refractivity contribution in [3.8, 4) is 11.5 Å². The Morgan fingerprint density at radius 2 is 1.15 bits per heavy atom. The van der Waals surface area contributed by atoms with Gasteiger partial charge in [-0.05, 0) is 60.8 Å². The first kappa shape index (κ1) is 17.6. The lowest BCUT2D eigenvalue weighted by molar-refractivity contribution is 0.387. The Kier molecular flexibility index (Phi) is 4.17. The van der Waals surface area contributed by atoms with E-state index >= 15 is 0 Å². The number of hydrogen-bond acceptors (Lipinski definition) is 1. The molecule has 1 heterocycles. The molecule has 0 atom stereocenters. The molecule has 2 aromatic rings. The second kappa shape index (κ2) is 6.15. The van der Waals surface area contributed by atoms with E-state index in [4.69, 9.17) is 4.74 Å². The molecule has 1 aliphatic carbocycles. The largest absolute Gasteiger partial charge is 0.456 e. The van der Waals surface area contributed by atoms with Gasteiger partial charge in [0.25, 0.3) is 0 Å². The first-order chi connectivity index (χ1) is 12.3. The fourth-order valence-electron chi connectivity index (χ4n) is 5.02. The van der Waals surface area contributed by atoms with Crippen molar-refractivity contribution in [1.82, 2.24) is 0 Å². The summed E-state index contributed by atoms with van der Waals surface area (Å²) in [7, 11) is 0. The normalized spacial score (nSPS) is 17.5. The fraction of sp³-hybridized carbons (Fsp3) is 0.520. The van der Waals surface area contributed by atoms with Crippen molar-refractivity contribution in [3.05, 3.63) is 57.6 Å². The van der Waals surface area contributed by atoms with Crippen LogP contribution in [0, 0.1) is 13.8 Å². The topological polar surface area (TPSA) is 9.23 Å². The zero-order valence-corrected chi connectivity index (χ0v) is 17.2. The number of hydrogen-bond donors (Lipinski definition) is 0. The molecule has 4 rings (SSSR count). The molecule has 0 aromatic heterocycles. The minimum absolute atomic E-state index is 0.147. The van der Waals surface area contributed by atoms with E-state index < -0.39 is 0 Å². The van der Waals surface area contributed by atoms with Crippen molar-refractivity contribution in [1.29, 1.82) is 0 Å². The molecule has 0 radical (unpaired) electrons. The van der Waals surface area contributed by atoms with Gasteiger partial charge in [-0.25, -0.2) is 0 Å². The fourth-order valence-corrected chi connectivity index (χ4v) is 5.02. The van der Waals surface area contributed by atoms with Gasteiger partial charge in [-0.2, -0.15) is 0 Å². The maximum absolute atomic E-state index is 6.60. The van der Waals surface area contributed by atoms with Crippen LogP contribution in [0.5, 0.6) is 11.5 Å². The molecule has 1 aliphatic heterocycles. The average molecular weight is 349 g/mol. The van der Waals surface area contributed by atoms with Crippen molar-refractivity contribution in [2.45, 2.75) is 84.5 Å². The molecule has 0 N–H and O–H groups in total. The molecule has 0 amide bonds. The summed E-state index contributed by atoms with van der Waals surface area (Å²) in [6, 6.07) is 9.57. The van der Waals surface area contributed by atoms with E-state index in [9.17, 15) is 0 Å². The molecule has 0 bridgehead atoms. The molecule has 0 unspecified atom stereocenters. The Labute approximate surface area is 158 Å². The lowest BCUT2D eigenvalue weighted by Crippen LogP contribution is -2.29. The third-order valence-corrected chi connectivity index (χ3v) is 6.62. The quantitative estimate of drug-likeness (QED) is 0.545. The van der Waals surface area contributed by atoms with Crippen LogP contribution >= 0.6 is 0 Å². The van der Waals surface area contributed by atoms with E-state index in [0.717, 1.165) is 11.5 Å². The summed E-state index contributed by atoms with van der Waals surface area (Å²) in [5, 5.41) is 0. The lowest BCUT2D eigenvalue weighted by atomic mass is 9.69. The number of fused-ring (bicyclic) bond motifs is 4. The molecule has 1 nitrogen and oxygen atoms in total. The zero-order valence-electron chi connectivity index (χ0n) is 17.2. The monoisotopic (exact) mass is 348 g/mol. The summed E-state index contributed by atoms with van der Waals surface area (Å²) >= 11 is 0. The van der Waals surface area contributed by atoms with Gasteiger partial charge in [-0.1, -0.05) is 64.8 Å². The van der Waals surface area contributed by atoms with Crippen LogP contribution in [0.4, 0.5) is 0 Å². The van der Waals surface area contributed by atoms with Gasteiger partial charge >= 0.3 is 0 Å². The van der Waals surface area contributed by atoms with Gasteiger partial charge in [0.2, 0.25) is 0 Å². The third-order valence-electron chi connectivity index (χ3n) is 6.62. The van der Waals surface area contributed by atoms with Crippen molar-refractivity contribution in [3.63, 3.8) is 0 Å². The summed E-state index contributed by atoms with van der Waals surface area (Å²) in [5.74, 6) is 3.35. The minimum Gasteiger partial charge on any atom is -0.456 e. The van der Waals surface area contributed by atoms with Crippen LogP contribution in [0.1, 0.15) is 98.6 Å². The van der Waals surface area contributed by atoms with Gasteiger partial charge < -0.3 is 4.74 Å². The van der Waals surface area contributed by atoms with Crippen molar-refractivity contribution < 1.29 is 4.74 Å². The van der Waals surface area contributed by atoms with E-state index in [1.807, 2.05) is 0 Å². The van der Waals surface area contributed by atoms with Crippen molar-refractivity contribution >= 4 is 0 Å². The smallest absolute Gasteiger partial charge is 0.134 e. The standard InChI is InChI=1S/C25H32O/c1-15(2)19-11-17(5)23-21(13-19)25(9-7-8-10-25)22-14-20(16(3)4)12-18(6)24(22)26-23/h11-16H,7-10H2,1-6H3. The van der Waals surface area contributed by atoms with Crippen LogP contribution in [-0.2, 0) is 5.41 Å². The van der Waals surface area contributed by atoms with Crippen LogP contribution in [0.25, 0.3) is 0 Å². The van der Waals surface area contributed by atoms with E-state index in [1.54, 1.807) is 0 Å². The Morgan fingerprint density at radius 3 is 1.54 bits per heavy atom. The molecule has 26 heavy (non-hydrogen) atoms. The minimum atomic E-state index is 0.147. The molecule has 1 saturated carbocycles. The van der Waals surface area contributed by atoms with Gasteiger partial charge in [-0.3, -0.25) is 0 Å². The number of ether oxygens (including phenoxy) is 1. The highest BCUT2D eigenvalue weighted by molar-refractivity contribution is 5.64. The zero-order chi connectivity index (χ0) is 18.6. The second-order valence-electron chi connectivity index (χ2n) is 9.13. The van der Waals surface area contributed by atoms with Crippen molar-refractivity contribution in [2.24, 2.45) is 0 Å². The Morgan fingerprint density at radius 1 is 0.731 bits per heavy atom. The molecular weight excluding hydrogens is 316 g/mol. The van der Waals surface area contributed by atoms with Gasteiger partial charge in [0, 0.05) is 16.5 Å². The van der Waals surface area contributed by atoms with Gasteiger partial charge in [-0.15, -0.1) is 0 Å². The first-order valence-corrected chi connectivity index (χ1v) is 10.3. The number of rotatable bonds is 2. The number of benzene rings is 2. The highest BCUT2D eigenvalue weighted by atomic mass is 16.5. The predicted octanol–water partition coefficient (Wildman–Crippen LogP) is 7.52. The van der Waals surface area contributed by atoms with Crippen LogP contribution < -0.4 is 4.74 Å². The average Bonchev–Trinajstić information content (AvgIpc) is 3.06. The van der Waals surface area contributed by atoms with E-state index in [1.165, 1.54) is 59.1 Å². The summed E-state index contributed by atoms with van der Waals surface area (Å²) in [6.45, 7) is 13.6. The maximum atomic E-state index is 6.60. The summed E-state index contributed by atoms with van der Waals surface area (Å²) in [4.78, 5) is 0. The first-order valence-electron chi connectivity index (χ1n) is 10.3. The van der Waals surface area contributed by atoms with Crippen molar-refractivity contribution in [2.75, 3.05) is 0 Å². The molecule has 1 heteroatoms. The summed E-state index contributed by atoms with van der Waals surface area (Å²) < 4.78 is 6.60. The third kappa shape index (κ3) is 2.51. The molecule has 1 fully saturated rings. The maximum Gasteiger partial charge on any atom is 0.134 e. The summed E-state index contributed by atoms with van der Waals surface area (Å²) in [5.41, 5.74) is 8.50. The van der Waals surface area contributed by atoms with Crippen LogP contribution in [0.3, 0.4) is 0 Å². The van der Waals surface area contributed by atoms with Crippen LogP contribution in [0.15, 0.2) is 24.3 Å². The van der Waals surface area contributed by atoms with E-state index in [0.29, 0.717) is 11.8 Å². The molecule has 0 saturated heterocycles. The second-order valence-corrected chi connectivity index (χ2v) is 9.13. The van der Waals surface area contributed by atoms with Crippen LogP contribution in [0.2, 0.25) is 0 Å².